The van der Waals surface area contributed by atoms with Gasteiger partial charge in [0, 0.05) is 45.2 Å². The van der Waals surface area contributed by atoms with Gasteiger partial charge in [-0.1, -0.05) is 43.3 Å². The lowest BCUT2D eigenvalue weighted by atomic mass is 9.98. The number of ether oxygens (including phenoxy) is 2. The molecule has 0 amide bonds. The summed E-state index contributed by atoms with van der Waals surface area (Å²) in [5, 5.41) is 4.07. The van der Waals surface area contributed by atoms with Gasteiger partial charge in [-0.15, -0.1) is 0 Å². The normalized spacial score (nSPS) is 17.4. The van der Waals surface area contributed by atoms with Crippen molar-refractivity contribution >= 4 is 16.0 Å². The summed E-state index contributed by atoms with van der Waals surface area (Å²) >= 11 is 0. The monoisotopic (exact) mass is 569 g/mol. The minimum absolute atomic E-state index is 0.253. The second-order valence-electron chi connectivity index (χ2n) is 10.7. The summed E-state index contributed by atoms with van der Waals surface area (Å²) in [6, 6.07) is 15.5. The van der Waals surface area contributed by atoms with E-state index in [0.717, 1.165) is 61.7 Å². The van der Waals surface area contributed by atoms with Gasteiger partial charge < -0.3 is 18.9 Å². The van der Waals surface area contributed by atoms with Crippen LogP contribution < -0.4 is 14.4 Å². The zero-order valence-electron chi connectivity index (χ0n) is 23.3. The third-order valence-electron chi connectivity index (χ3n) is 7.49. The molecular formula is C29H39N5O5S. The molecule has 2 saturated heterocycles. The first kappa shape index (κ1) is 28.5. The Hall–Kier alpha value is -2.99. The number of benzene rings is 2. The molecule has 216 valence electrons. The Bertz CT molecular complexity index is 1310. The second kappa shape index (κ2) is 13.1. The summed E-state index contributed by atoms with van der Waals surface area (Å²) in [5.74, 6) is 2.30. The maximum absolute atomic E-state index is 12.7. The first-order chi connectivity index (χ1) is 19.4. The third-order valence-corrected chi connectivity index (χ3v) is 8.97. The molecule has 0 aliphatic carbocycles. The standard InChI is InChI=1S/C29H39N5O5S/c1-22(2)28-31-29(39-32-28)34-14-11-23(12-15-34)21-38-26-7-3-24(4-8-26)25-5-9-27(10-6-25)40(35,36)30-13-16-33-17-19-37-20-18-33/h3-10,22-23,30H,11-21H2,1-2H3. The van der Waals surface area contributed by atoms with E-state index in [1.54, 1.807) is 12.1 Å². The van der Waals surface area contributed by atoms with Crippen LogP contribution in [0.15, 0.2) is 57.9 Å². The van der Waals surface area contributed by atoms with Crippen LogP contribution in [-0.2, 0) is 14.8 Å². The van der Waals surface area contributed by atoms with Crippen LogP contribution in [0.3, 0.4) is 0 Å². The van der Waals surface area contributed by atoms with Gasteiger partial charge >= 0.3 is 6.01 Å². The topological polar surface area (TPSA) is 110 Å². The van der Waals surface area contributed by atoms with Crippen molar-refractivity contribution in [1.82, 2.24) is 19.8 Å². The van der Waals surface area contributed by atoms with E-state index in [2.05, 4.69) is 38.5 Å². The van der Waals surface area contributed by atoms with E-state index in [4.69, 9.17) is 14.0 Å². The van der Waals surface area contributed by atoms with E-state index >= 15 is 0 Å². The number of morpholine rings is 1. The Morgan fingerprint density at radius 1 is 0.975 bits per heavy atom. The molecule has 2 aromatic carbocycles. The molecule has 2 fully saturated rings. The van der Waals surface area contributed by atoms with Crippen LogP contribution >= 0.6 is 0 Å². The van der Waals surface area contributed by atoms with Gasteiger partial charge in [-0.25, -0.2) is 13.1 Å². The van der Waals surface area contributed by atoms with E-state index in [-0.39, 0.29) is 10.8 Å². The summed E-state index contributed by atoms with van der Waals surface area (Å²) in [4.78, 5) is 9.13. The molecule has 2 aliphatic heterocycles. The summed E-state index contributed by atoms with van der Waals surface area (Å²) in [6.07, 6.45) is 2.02. The van der Waals surface area contributed by atoms with E-state index in [1.807, 2.05) is 36.4 Å². The molecule has 0 unspecified atom stereocenters. The number of rotatable bonds is 11. The van der Waals surface area contributed by atoms with Crippen LogP contribution in [0.5, 0.6) is 5.75 Å². The molecule has 0 spiro atoms. The summed E-state index contributed by atoms with van der Waals surface area (Å²) < 4.78 is 45.0. The number of piperidine rings is 1. The lowest BCUT2D eigenvalue weighted by Gasteiger charge is -2.30. The molecule has 1 aromatic heterocycles. The van der Waals surface area contributed by atoms with E-state index in [1.165, 1.54) is 0 Å². The predicted molar refractivity (Wildman–Crippen MR) is 153 cm³/mol. The van der Waals surface area contributed by atoms with Crippen LogP contribution in [-0.4, -0.2) is 82.5 Å². The minimum atomic E-state index is -3.55. The van der Waals surface area contributed by atoms with Gasteiger partial charge in [0.05, 0.1) is 24.7 Å². The maximum Gasteiger partial charge on any atom is 0.324 e. The number of nitrogens with zero attached hydrogens (tertiary/aromatic N) is 4. The Labute approximate surface area is 236 Å². The van der Waals surface area contributed by atoms with Crippen LogP contribution in [0.25, 0.3) is 11.1 Å². The average molecular weight is 570 g/mol. The summed E-state index contributed by atoms with van der Waals surface area (Å²) in [6.45, 7) is 10.7. The molecule has 2 aliphatic rings. The third kappa shape index (κ3) is 7.39. The number of anilines is 1. The van der Waals surface area contributed by atoms with Crippen molar-refractivity contribution in [3.05, 3.63) is 54.4 Å². The first-order valence-corrected chi connectivity index (χ1v) is 15.6. The highest BCUT2D eigenvalue weighted by Crippen LogP contribution is 2.26. The van der Waals surface area contributed by atoms with Gasteiger partial charge in [-0.2, -0.15) is 4.98 Å². The van der Waals surface area contributed by atoms with Crippen molar-refractivity contribution in [1.29, 1.82) is 0 Å². The van der Waals surface area contributed by atoms with Gasteiger partial charge in [0.15, 0.2) is 5.82 Å². The van der Waals surface area contributed by atoms with Crippen LogP contribution in [0.4, 0.5) is 6.01 Å². The fraction of sp³-hybridized carbons (Fsp3) is 0.517. The lowest BCUT2D eigenvalue weighted by molar-refractivity contribution is 0.0390. The fourth-order valence-corrected chi connectivity index (χ4v) is 5.93. The number of hydrogen-bond acceptors (Lipinski definition) is 9. The van der Waals surface area contributed by atoms with Gasteiger partial charge in [-0.05, 0) is 54.2 Å². The fourth-order valence-electron chi connectivity index (χ4n) is 4.91. The molecule has 0 atom stereocenters. The molecule has 1 N–H and O–H groups in total. The van der Waals surface area contributed by atoms with Gasteiger partial charge in [0.1, 0.15) is 5.75 Å². The Balaban J connectivity index is 1.07. The van der Waals surface area contributed by atoms with Crippen LogP contribution in [0.1, 0.15) is 38.4 Å². The molecule has 0 radical (unpaired) electrons. The van der Waals surface area contributed by atoms with Crippen molar-refractivity contribution in [3.8, 4) is 16.9 Å². The molecule has 3 heterocycles. The van der Waals surface area contributed by atoms with Crippen LogP contribution in [0.2, 0.25) is 0 Å². The van der Waals surface area contributed by atoms with E-state index < -0.39 is 10.0 Å². The molecule has 11 heteroatoms. The van der Waals surface area contributed by atoms with Crippen molar-refractivity contribution < 1.29 is 22.4 Å². The minimum Gasteiger partial charge on any atom is -0.493 e. The predicted octanol–water partition coefficient (Wildman–Crippen LogP) is 3.77. The van der Waals surface area contributed by atoms with Gasteiger partial charge in [0.25, 0.3) is 0 Å². The highest BCUT2D eigenvalue weighted by molar-refractivity contribution is 7.89. The summed E-state index contributed by atoms with van der Waals surface area (Å²) in [7, 11) is -3.55. The molecular weight excluding hydrogens is 530 g/mol. The zero-order valence-corrected chi connectivity index (χ0v) is 24.1. The smallest absolute Gasteiger partial charge is 0.324 e. The highest BCUT2D eigenvalue weighted by atomic mass is 32.2. The molecule has 0 bridgehead atoms. The largest absolute Gasteiger partial charge is 0.493 e. The molecule has 40 heavy (non-hydrogen) atoms. The molecule has 0 saturated carbocycles. The second-order valence-corrected chi connectivity index (χ2v) is 12.5. The molecule has 3 aromatic rings. The van der Waals surface area contributed by atoms with E-state index in [9.17, 15) is 8.42 Å². The molecule has 10 nitrogen and oxygen atoms in total. The number of nitrogens with one attached hydrogen (secondary N) is 1. The highest BCUT2D eigenvalue weighted by Gasteiger charge is 2.24. The average Bonchev–Trinajstić information content (AvgIpc) is 3.48. The first-order valence-electron chi connectivity index (χ1n) is 14.1. The molecule has 5 rings (SSSR count). The Morgan fingerprint density at radius 2 is 1.62 bits per heavy atom. The quantitative estimate of drug-likeness (QED) is 0.369. The van der Waals surface area contributed by atoms with Gasteiger partial charge in [-0.3, -0.25) is 4.90 Å². The zero-order chi connectivity index (χ0) is 28.0. The number of hydrogen-bond donors (Lipinski definition) is 1. The Morgan fingerprint density at radius 3 is 2.25 bits per heavy atom. The lowest BCUT2D eigenvalue weighted by Crippen LogP contribution is -2.41. The SMILES string of the molecule is CC(C)c1noc(N2CCC(COc3ccc(-c4ccc(S(=O)(=O)NCCN5CCOCC5)cc4)cc3)CC2)n1. The van der Waals surface area contributed by atoms with Crippen molar-refractivity contribution in [3.63, 3.8) is 0 Å². The van der Waals surface area contributed by atoms with Crippen LogP contribution in [0, 0.1) is 5.92 Å². The Kier molecular flexibility index (Phi) is 9.36. The van der Waals surface area contributed by atoms with E-state index in [0.29, 0.717) is 44.8 Å². The van der Waals surface area contributed by atoms with Crippen molar-refractivity contribution in [2.24, 2.45) is 5.92 Å². The summed E-state index contributed by atoms with van der Waals surface area (Å²) in [5.41, 5.74) is 1.96. The van der Waals surface area contributed by atoms with Crippen molar-refractivity contribution in [2.75, 3.05) is 64.0 Å². The maximum atomic E-state index is 12.7. The van der Waals surface area contributed by atoms with Gasteiger partial charge in [0.2, 0.25) is 10.0 Å². The van der Waals surface area contributed by atoms with Crippen molar-refractivity contribution in [2.45, 2.75) is 37.5 Å². The number of aromatic nitrogens is 2. The number of sulfonamides is 1.